The van der Waals surface area contributed by atoms with E-state index in [1.54, 1.807) is 6.92 Å². The van der Waals surface area contributed by atoms with Gasteiger partial charge in [0.25, 0.3) is 0 Å². The first-order valence-electron chi connectivity index (χ1n) is 4.23. The number of hydrogen-bond acceptors (Lipinski definition) is 4. The lowest BCUT2D eigenvalue weighted by Gasteiger charge is -2.30. The number of hydrogen-bond donors (Lipinski definition) is 1. The van der Waals surface area contributed by atoms with E-state index in [2.05, 4.69) is 0 Å². The molecule has 1 saturated heterocycles. The van der Waals surface area contributed by atoms with Crippen LogP contribution in [0.15, 0.2) is 0 Å². The molecule has 4 heteroatoms. The van der Waals surface area contributed by atoms with Crippen LogP contribution in [0.25, 0.3) is 0 Å². The molecule has 0 aromatic carbocycles. The van der Waals surface area contributed by atoms with Crippen molar-refractivity contribution in [3.05, 3.63) is 0 Å². The Hall–Kier alpha value is -0.610. The summed E-state index contributed by atoms with van der Waals surface area (Å²) in [6, 6.07) is 0. The molecule has 0 radical (unpaired) electrons. The fraction of sp³-hybridized carbons (Fsp3) is 0.875. The van der Waals surface area contributed by atoms with Gasteiger partial charge in [-0.15, -0.1) is 0 Å². The van der Waals surface area contributed by atoms with Gasteiger partial charge in [0.2, 0.25) is 0 Å². The van der Waals surface area contributed by atoms with Crippen LogP contribution in [0.1, 0.15) is 19.8 Å². The molecule has 1 aliphatic rings. The molecule has 0 saturated carbocycles. The summed E-state index contributed by atoms with van der Waals surface area (Å²) in [6.07, 6.45) is 1.49. The summed E-state index contributed by atoms with van der Waals surface area (Å²) in [4.78, 5) is 11.3. The second kappa shape index (κ2) is 3.87. The normalized spacial score (nSPS) is 29.8. The van der Waals surface area contributed by atoms with E-state index in [4.69, 9.17) is 15.2 Å². The molecule has 1 unspecified atom stereocenters. The molecular formula is C8H15NO3. The fourth-order valence-corrected chi connectivity index (χ4v) is 1.25. The Morgan fingerprint density at radius 1 is 1.75 bits per heavy atom. The topological polar surface area (TPSA) is 61.5 Å². The van der Waals surface area contributed by atoms with Crippen molar-refractivity contribution in [2.24, 2.45) is 5.73 Å². The average Bonchev–Trinajstić information content (AvgIpc) is 2.06. The molecule has 0 bridgehead atoms. The predicted octanol–water partition coefficient (Wildman–Crippen LogP) is 0.0574. The quantitative estimate of drug-likeness (QED) is 0.600. The summed E-state index contributed by atoms with van der Waals surface area (Å²) < 4.78 is 9.97. The Kier molecular flexibility index (Phi) is 3.05. The Morgan fingerprint density at radius 3 is 3.00 bits per heavy atom. The zero-order chi connectivity index (χ0) is 9.03. The van der Waals surface area contributed by atoms with Gasteiger partial charge in [0.1, 0.15) is 5.54 Å². The third kappa shape index (κ3) is 1.95. The molecule has 0 spiro atoms. The highest BCUT2D eigenvalue weighted by Gasteiger charge is 2.37. The van der Waals surface area contributed by atoms with Gasteiger partial charge in [-0.2, -0.15) is 0 Å². The molecule has 2 N–H and O–H groups in total. The molecule has 1 aliphatic heterocycles. The van der Waals surface area contributed by atoms with Crippen LogP contribution in [0.3, 0.4) is 0 Å². The van der Waals surface area contributed by atoms with Crippen molar-refractivity contribution >= 4 is 5.97 Å². The van der Waals surface area contributed by atoms with E-state index in [0.29, 0.717) is 19.6 Å². The molecule has 0 aliphatic carbocycles. The van der Waals surface area contributed by atoms with Gasteiger partial charge >= 0.3 is 5.97 Å². The van der Waals surface area contributed by atoms with Gasteiger partial charge in [-0.1, -0.05) is 0 Å². The van der Waals surface area contributed by atoms with E-state index in [0.717, 1.165) is 6.42 Å². The smallest absolute Gasteiger partial charge is 0.328 e. The number of carbonyl (C=O) groups excluding carboxylic acids is 1. The number of ether oxygens (including phenoxy) is 2. The summed E-state index contributed by atoms with van der Waals surface area (Å²) in [7, 11) is 0. The maximum Gasteiger partial charge on any atom is 0.328 e. The maximum absolute atomic E-state index is 11.3. The van der Waals surface area contributed by atoms with Crippen LogP contribution >= 0.6 is 0 Å². The molecule has 1 rings (SSSR count). The average molecular weight is 173 g/mol. The van der Waals surface area contributed by atoms with Crippen LogP contribution in [0.5, 0.6) is 0 Å². The SMILES string of the molecule is CCOC(=O)C1(N)CCCOC1. The van der Waals surface area contributed by atoms with Gasteiger partial charge in [0, 0.05) is 6.61 Å². The van der Waals surface area contributed by atoms with Crippen molar-refractivity contribution in [2.45, 2.75) is 25.3 Å². The standard InChI is InChI=1S/C8H15NO3/c1-2-12-7(10)8(9)4-3-5-11-6-8/h2-6,9H2,1H3. The van der Waals surface area contributed by atoms with Crippen LogP contribution in [0.2, 0.25) is 0 Å². The minimum absolute atomic E-state index is 0.284. The van der Waals surface area contributed by atoms with Crippen molar-refractivity contribution in [3.63, 3.8) is 0 Å². The lowest BCUT2D eigenvalue weighted by Crippen LogP contribution is -2.54. The highest BCUT2D eigenvalue weighted by Crippen LogP contribution is 2.17. The van der Waals surface area contributed by atoms with Gasteiger partial charge in [-0.3, -0.25) is 0 Å². The number of esters is 1. The van der Waals surface area contributed by atoms with Crippen molar-refractivity contribution in [2.75, 3.05) is 19.8 Å². The maximum atomic E-state index is 11.3. The third-order valence-corrected chi connectivity index (χ3v) is 1.95. The monoisotopic (exact) mass is 173 g/mol. The molecule has 70 valence electrons. The number of nitrogens with two attached hydrogens (primary N) is 1. The zero-order valence-corrected chi connectivity index (χ0v) is 7.34. The zero-order valence-electron chi connectivity index (χ0n) is 7.34. The largest absolute Gasteiger partial charge is 0.465 e. The van der Waals surface area contributed by atoms with E-state index in [9.17, 15) is 4.79 Å². The Labute approximate surface area is 72.0 Å². The Bertz CT molecular complexity index is 164. The molecule has 4 nitrogen and oxygen atoms in total. The van der Waals surface area contributed by atoms with E-state index >= 15 is 0 Å². The number of carbonyl (C=O) groups is 1. The molecule has 1 atom stereocenters. The molecular weight excluding hydrogens is 158 g/mol. The number of rotatable bonds is 2. The van der Waals surface area contributed by atoms with E-state index in [-0.39, 0.29) is 12.6 Å². The van der Waals surface area contributed by atoms with Crippen LogP contribution < -0.4 is 5.73 Å². The van der Waals surface area contributed by atoms with Crippen molar-refractivity contribution in [3.8, 4) is 0 Å². The molecule has 1 fully saturated rings. The van der Waals surface area contributed by atoms with Gasteiger partial charge in [0.15, 0.2) is 0 Å². The summed E-state index contributed by atoms with van der Waals surface area (Å²) in [6.45, 7) is 3.12. The first-order valence-corrected chi connectivity index (χ1v) is 4.23. The summed E-state index contributed by atoms with van der Waals surface area (Å²) in [5, 5.41) is 0. The lowest BCUT2D eigenvalue weighted by molar-refractivity contribution is -0.154. The first kappa shape index (κ1) is 9.48. The summed E-state index contributed by atoms with van der Waals surface area (Å²) in [5.41, 5.74) is 4.89. The fourth-order valence-electron chi connectivity index (χ4n) is 1.25. The van der Waals surface area contributed by atoms with Crippen LogP contribution in [0.4, 0.5) is 0 Å². The first-order chi connectivity index (χ1) is 5.69. The molecule has 1 heterocycles. The lowest BCUT2D eigenvalue weighted by atomic mass is 9.94. The second-order valence-electron chi connectivity index (χ2n) is 3.03. The van der Waals surface area contributed by atoms with E-state index in [1.165, 1.54) is 0 Å². The second-order valence-corrected chi connectivity index (χ2v) is 3.03. The highest BCUT2D eigenvalue weighted by atomic mass is 16.5. The molecule has 12 heavy (non-hydrogen) atoms. The third-order valence-electron chi connectivity index (χ3n) is 1.95. The van der Waals surface area contributed by atoms with Gasteiger partial charge in [-0.25, -0.2) is 4.79 Å². The van der Waals surface area contributed by atoms with E-state index < -0.39 is 5.54 Å². The minimum Gasteiger partial charge on any atom is -0.465 e. The van der Waals surface area contributed by atoms with Crippen LogP contribution in [0, 0.1) is 0 Å². The van der Waals surface area contributed by atoms with Crippen molar-refractivity contribution in [1.29, 1.82) is 0 Å². The Balaban J connectivity index is 2.50. The summed E-state index contributed by atoms with van der Waals surface area (Å²) >= 11 is 0. The van der Waals surface area contributed by atoms with Crippen molar-refractivity contribution in [1.82, 2.24) is 0 Å². The minimum atomic E-state index is -0.895. The van der Waals surface area contributed by atoms with Gasteiger partial charge in [0.05, 0.1) is 13.2 Å². The predicted molar refractivity (Wildman–Crippen MR) is 43.6 cm³/mol. The highest BCUT2D eigenvalue weighted by molar-refractivity contribution is 5.80. The van der Waals surface area contributed by atoms with Crippen molar-refractivity contribution < 1.29 is 14.3 Å². The molecule has 0 aromatic rings. The van der Waals surface area contributed by atoms with Crippen LogP contribution in [-0.2, 0) is 14.3 Å². The van der Waals surface area contributed by atoms with E-state index in [1.807, 2.05) is 0 Å². The molecule has 0 aromatic heterocycles. The van der Waals surface area contributed by atoms with Crippen LogP contribution in [-0.4, -0.2) is 31.3 Å². The van der Waals surface area contributed by atoms with Gasteiger partial charge in [-0.05, 0) is 19.8 Å². The molecule has 0 amide bonds. The Morgan fingerprint density at radius 2 is 2.50 bits per heavy atom. The summed E-state index contributed by atoms with van der Waals surface area (Å²) in [5.74, 6) is -0.343. The van der Waals surface area contributed by atoms with Gasteiger partial charge < -0.3 is 15.2 Å².